The second kappa shape index (κ2) is 5.42. The van der Waals surface area contributed by atoms with E-state index in [0.717, 1.165) is 15.8 Å². The lowest BCUT2D eigenvalue weighted by atomic mass is 9.87. The summed E-state index contributed by atoms with van der Waals surface area (Å²) in [6.45, 7) is 9.05. The molecule has 1 atom stereocenters. The summed E-state index contributed by atoms with van der Waals surface area (Å²) < 4.78 is 6.44. The van der Waals surface area contributed by atoms with Gasteiger partial charge in [0, 0.05) is 4.47 Å². The highest BCUT2D eigenvalue weighted by atomic mass is 79.9. The number of alkyl halides is 1. The van der Waals surface area contributed by atoms with Gasteiger partial charge in [-0.05, 0) is 30.0 Å². The van der Waals surface area contributed by atoms with Crippen LogP contribution in [0, 0.1) is 5.41 Å². The highest BCUT2D eigenvalue weighted by Crippen LogP contribution is 2.42. The molecule has 0 radical (unpaired) electrons. The minimum absolute atomic E-state index is 0.0162. The van der Waals surface area contributed by atoms with Gasteiger partial charge in [0.05, 0.1) is 12.0 Å². The Balaban J connectivity index is 2.99. The zero-order chi connectivity index (χ0) is 12.3. The second-order valence-corrected chi connectivity index (χ2v) is 6.14. The summed E-state index contributed by atoms with van der Waals surface area (Å²) in [6.07, 6.45) is 0. The first-order valence-electron chi connectivity index (χ1n) is 5.42. The Kier molecular flexibility index (Phi) is 4.69. The molecule has 1 nitrogen and oxygen atoms in total. The Morgan fingerprint density at radius 2 is 2.00 bits per heavy atom. The van der Waals surface area contributed by atoms with Gasteiger partial charge in [-0.1, -0.05) is 42.8 Å². The van der Waals surface area contributed by atoms with E-state index in [1.54, 1.807) is 0 Å². The lowest BCUT2D eigenvalue weighted by Gasteiger charge is -2.26. The Labute approximate surface area is 111 Å². The Morgan fingerprint density at radius 3 is 2.44 bits per heavy atom. The minimum atomic E-state index is -0.0162. The van der Waals surface area contributed by atoms with E-state index in [0.29, 0.717) is 6.61 Å². The summed E-state index contributed by atoms with van der Waals surface area (Å²) in [7, 11) is 0. The monoisotopic (exact) mass is 304 g/mol. The molecule has 0 aromatic heterocycles. The van der Waals surface area contributed by atoms with Crippen LogP contribution in [0.25, 0.3) is 0 Å². The maximum absolute atomic E-state index is 6.45. The summed E-state index contributed by atoms with van der Waals surface area (Å²) >= 11 is 9.99. The zero-order valence-electron chi connectivity index (χ0n) is 10.2. The van der Waals surface area contributed by atoms with Crippen LogP contribution in [0.2, 0.25) is 0 Å². The number of halogens is 2. The molecule has 0 heterocycles. The number of ether oxygens (including phenoxy) is 1. The molecule has 0 N–H and O–H groups in total. The van der Waals surface area contributed by atoms with Gasteiger partial charge in [0.2, 0.25) is 0 Å². The van der Waals surface area contributed by atoms with E-state index in [-0.39, 0.29) is 10.8 Å². The van der Waals surface area contributed by atoms with E-state index in [4.69, 9.17) is 16.3 Å². The van der Waals surface area contributed by atoms with Crippen LogP contribution < -0.4 is 4.74 Å². The largest absolute Gasteiger partial charge is 0.494 e. The van der Waals surface area contributed by atoms with Crippen molar-refractivity contribution in [3.8, 4) is 5.75 Å². The van der Waals surface area contributed by atoms with Crippen LogP contribution in [0.3, 0.4) is 0 Å². The van der Waals surface area contributed by atoms with Crippen molar-refractivity contribution < 1.29 is 4.74 Å². The van der Waals surface area contributed by atoms with Crippen LogP contribution in [0.4, 0.5) is 0 Å². The van der Waals surface area contributed by atoms with Crippen LogP contribution >= 0.6 is 27.5 Å². The normalized spacial score (nSPS) is 13.6. The van der Waals surface area contributed by atoms with E-state index in [9.17, 15) is 0 Å². The summed E-state index contributed by atoms with van der Waals surface area (Å²) in [5.74, 6) is 0.871. The van der Waals surface area contributed by atoms with E-state index in [1.165, 1.54) is 0 Å². The minimum Gasteiger partial charge on any atom is -0.494 e. The van der Waals surface area contributed by atoms with Gasteiger partial charge in [0.1, 0.15) is 5.75 Å². The van der Waals surface area contributed by atoms with Gasteiger partial charge >= 0.3 is 0 Å². The fourth-order valence-corrected chi connectivity index (χ4v) is 2.35. The van der Waals surface area contributed by atoms with Crippen molar-refractivity contribution in [2.24, 2.45) is 5.41 Å². The standard InChI is InChI=1S/C13H18BrClO/c1-5-16-9-6-7-10(11(14)8-9)12(15)13(2,3)4/h6-8,12H,5H2,1-4H3. The third-order valence-corrected chi connectivity index (χ3v) is 3.89. The van der Waals surface area contributed by atoms with E-state index in [1.807, 2.05) is 25.1 Å². The molecule has 0 aliphatic rings. The first-order chi connectivity index (χ1) is 7.36. The quantitative estimate of drug-likeness (QED) is 0.700. The molecule has 0 aliphatic heterocycles. The number of hydrogen-bond donors (Lipinski definition) is 0. The highest BCUT2D eigenvalue weighted by Gasteiger charge is 2.25. The van der Waals surface area contributed by atoms with Crippen molar-refractivity contribution in [1.29, 1.82) is 0 Å². The fraction of sp³-hybridized carbons (Fsp3) is 0.538. The predicted octanol–water partition coefficient (Wildman–Crippen LogP) is 5.17. The van der Waals surface area contributed by atoms with Gasteiger partial charge in [0.25, 0.3) is 0 Å². The van der Waals surface area contributed by atoms with Crippen molar-refractivity contribution in [1.82, 2.24) is 0 Å². The van der Waals surface area contributed by atoms with Crippen LogP contribution in [-0.2, 0) is 0 Å². The van der Waals surface area contributed by atoms with E-state index in [2.05, 4.69) is 36.7 Å². The summed E-state index contributed by atoms with van der Waals surface area (Å²) in [5.41, 5.74) is 1.15. The van der Waals surface area contributed by atoms with Crippen molar-refractivity contribution in [2.45, 2.75) is 33.1 Å². The first kappa shape index (κ1) is 13.9. The molecule has 1 rings (SSSR count). The highest BCUT2D eigenvalue weighted by molar-refractivity contribution is 9.10. The maximum atomic E-state index is 6.45. The smallest absolute Gasteiger partial charge is 0.120 e. The molecule has 3 heteroatoms. The van der Waals surface area contributed by atoms with Crippen LogP contribution in [0.15, 0.2) is 22.7 Å². The Hall–Kier alpha value is -0.210. The average molecular weight is 306 g/mol. The average Bonchev–Trinajstić information content (AvgIpc) is 2.16. The first-order valence-corrected chi connectivity index (χ1v) is 6.65. The molecule has 0 saturated heterocycles. The molecule has 0 aliphatic carbocycles. The van der Waals surface area contributed by atoms with Gasteiger partial charge in [0.15, 0.2) is 0 Å². The third-order valence-electron chi connectivity index (χ3n) is 2.32. The molecular formula is C13H18BrClO. The predicted molar refractivity (Wildman–Crippen MR) is 73.4 cm³/mol. The molecule has 0 spiro atoms. The molecule has 0 amide bonds. The zero-order valence-corrected chi connectivity index (χ0v) is 12.5. The van der Waals surface area contributed by atoms with Crippen LogP contribution in [-0.4, -0.2) is 6.61 Å². The van der Waals surface area contributed by atoms with E-state index >= 15 is 0 Å². The molecular weight excluding hydrogens is 287 g/mol. The molecule has 90 valence electrons. The van der Waals surface area contributed by atoms with Crippen LogP contribution in [0.1, 0.15) is 38.6 Å². The van der Waals surface area contributed by atoms with E-state index < -0.39 is 0 Å². The second-order valence-electron chi connectivity index (χ2n) is 4.84. The Bertz CT molecular complexity index is 357. The van der Waals surface area contributed by atoms with Gasteiger partial charge in [-0.3, -0.25) is 0 Å². The van der Waals surface area contributed by atoms with Crippen molar-refractivity contribution >= 4 is 27.5 Å². The lowest BCUT2D eigenvalue weighted by Crippen LogP contribution is -2.13. The Morgan fingerprint density at radius 1 is 1.38 bits per heavy atom. The van der Waals surface area contributed by atoms with Gasteiger partial charge in [-0.2, -0.15) is 0 Å². The molecule has 16 heavy (non-hydrogen) atoms. The molecule has 1 aromatic carbocycles. The van der Waals surface area contributed by atoms with Gasteiger partial charge in [-0.25, -0.2) is 0 Å². The van der Waals surface area contributed by atoms with Gasteiger partial charge < -0.3 is 4.74 Å². The van der Waals surface area contributed by atoms with Crippen molar-refractivity contribution in [2.75, 3.05) is 6.61 Å². The lowest BCUT2D eigenvalue weighted by molar-refractivity contribution is 0.339. The molecule has 0 bridgehead atoms. The maximum Gasteiger partial charge on any atom is 0.120 e. The third kappa shape index (κ3) is 3.39. The number of benzene rings is 1. The van der Waals surface area contributed by atoms with Crippen LogP contribution in [0.5, 0.6) is 5.75 Å². The molecule has 1 aromatic rings. The SMILES string of the molecule is CCOc1ccc(C(Cl)C(C)(C)C)c(Br)c1. The molecule has 1 unspecified atom stereocenters. The fourth-order valence-electron chi connectivity index (χ4n) is 1.44. The van der Waals surface area contributed by atoms with Gasteiger partial charge in [-0.15, -0.1) is 11.6 Å². The molecule has 0 fully saturated rings. The molecule has 0 saturated carbocycles. The number of hydrogen-bond acceptors (Lipinski definition) is 1. The summed E-state index contributed by atoms with van der Waals surface area (Å²) in [4.78, 5) is 0. The topological polar surface area (TPSA) is 9.23 Å². The van der Waals surface area contributed by atoms with Crippen molar-refractivity contribution in [3.05, 3.63) is 28.2 Å². The number of rotatable bonds is 3. The van der Waals surface area contributed by atoms with Crippen molar-refractivity contribution in [3.63, 3.8) is 0 Å². The summed E-state index contributed by atoms with van der Waals surface area (Å²) in [6, 6.07) is 5.96. The summed E-state index contributed by atoms with van der Waals surface area (Å²) in [5, 5.41) is -0.0162.